The van der Waals surface area contributed by atoms with E-state index in [1.54, 1.807) is 11.0 Å². The molecule has 0 fully saturated rings. The van der Waals surface area contributed by atoms with E-state index in [-0.39, 0.29) is 25.1 Å². The highest BCUT2D eigenvalue weighted by atomic mass is 35.5. The minimum absolute atomic E-state index is 0. The van der Waals surface area contributed by atoms with Crippen LogP contribution in [0.3, 0.4) is 0 Å². The van der Waals surface area contributed by atoms with Crippen molar-refractivity contribution in [3.63, 3.8) is 0 Å². The average molecular weight is 498 g/mol. The summed E-state index contributed by atoms with van der Waals surface area (Å²) in [6.07, 6.45) is 0. The van der Waals surface area contributed by atoms with Gasteiger partial charge in [-0.05, 0) is 38.4 Å². The third-order valence-electron chi connectivity index (χ3n) is 5.21. The number of likely N-dealkylation sites (N-methyl/N-ethyl adjacent to an activating group) is 1. The van der Waals surface area contributed by atoms with Crippen molar-refractivity contribution < 1.29 is 19.0 Å². The molecule has 1 aliphatic heterocycles. The number of thiazole rings is 1. The Balaban J connectivity index is 0.00000274. The lowest BCUT2D eigenvalue weighted by molar-refractivity contribution is 0.0983. The van der Waals surface area contributed by atoms with E-state index >= 15 is 0 Å². The predicted molar refractivity (Wildman–Crippen MR) is 136 cm³/mol. The van der Waals surface area contributed by atoms with Crippen LogP contribution in [0.5, 0.6) is 23.0 Å². The van der Waals surface area contributed by atoms with Crippen molar-refractivity contribution in [3.05, 3.63) is 72.3 Å². The SMILES string of the molecule is CN(C)CCN(C(=O)c1ccccc1Oc1ccccc1)c1nc2cc3c(cc2s1)OCO3.Cl. The number of anilines is 1. The molecule has 0 bridgehead atoms. The maximum atomic E-state index is 13.8. The standard InChI is InChI=1S/C25H23N3O4S.ClH/c1-27(2)12-13-28(25-26-19-14-21-22(31-16-30-21)15-23(19)33-25)24(29)18-10-6-7-11-20(18)32-17-8-4-3-5-9-17;/h3-11,14-15H,12-13,16H2,1-2H3;1H. The number of hydrogen-bond donors (Lipinski definition) is 0. The van der Waals surface area contributed by atoms with E-state index in [1.807, 2.05) is 79.7 Å². The fraction of sp³-hybridized carbons (Fsp3) is 0.200. The number of aromatic nitrogens is 1. The van der Waals surface area contributed by atoms with Gasteiger partial charge in [0.15, 0.2) is 16.6 Å². The van der Waals surface area contributed by atoms with Crippen LogP contribution in [0.1, 0.15) is 10.4 Å². The van der Waals surface area contributed by atoms with Crippen molar-refractivity contribution in [2.24, 2.45) is 0 Å². The molecule has 0 spiro atoms. The highest BCUT2D eigenvalue weighted by Crippen LogP contribution is 2.40. The predicted octanol–water partition coefficient (Wildman–Crippen LogP) is 5.45. The lowest BCUT2D eigenvalue weighted by Gasteiger charge is -2.23. The molecule has 176 valence electrons. The maximum absolute atomic E-state index is 13.8. The largest absolute Gasteiger partial charge is 0.457 e. The summed E-state index contributed by atoms with van der Waals surface area (Å²) in [5.74, 6) is 2.39. The lowest BCUT2D eigenvalue weighted by Crippen LogP contribution is -2.36. The first-order chi connectivity index (χ1) is 16.1. The molecule has 34 heavy (non-hydrogen) atoms. The van der Waals surface area contributed by atoms with Gasteiger partial charge in [-0.25, -0.2) is 4.98 Å². The molecule has 1 aliphatic rings. The molecule has 2 heterocycles. The van der Waals surface area contributed by atoms with Crippen LogP contribution in [0.2, 0.25) is 0 Å². The van der Waals surface area contributed by atoms with Crippen LogP contribution in [0.25, 0.3) is 10.2 Å². The summed E-state index contributed by atoms with van der Waals surface area (Å²) < 4.78 is 18.0. The molecule has 0 unspecified atom stereocenters. The first kappa shape index (κ1) is 23.8. The van der Waals surface area contributed by atoms with Gasteiger partial charge < -0.3 is 19.1 Å². The van der Waals surface area contributed by atoms with Crippen LogP contribution in [0, 0.1) is 0 Å². The molecule has 7 nitrogen and oxygen atoms in total. The number of para-hydroxylation sites is 2. The van der Waals surface area contributed by atoms with Gasteiger partial charge in [0, 0.05) is 25.2 Å². The Kier molecular flexibility index (Phi) is 7.21. The zero-order chi connectivity index (χ0) is 22.8. The zero-order valence-electron chi connectivity index (χ0n) is 18.8. The van der Waals surface area contributed by atoms with Gasteiger partial charge in [0.2, 0.25) is 6.79 Å². The van der Waals surface area contributed by atoms with Crippen molar-refractivity contribution >= 4 is 45.0 Å². The summed E-state index contributed by atoms with van der Waals surface area (Å²) in [7, 11) is 3.96. The Morgan fingerprint density at radius 3 is 2.47 bits per heavy atom. The van der Waals surface area contributed by atoms with Crippen LogP contribution in [-0.2, 0) is 0 Å². The smallest absolute Gasteiger partial charge is 0.263 e. The number of rotatable bonds is 7. The second kappa shape index (κ2) is 10.3. The molecule has 1 aromatic heterocycles. The highest BCUT2D eigenvalue weighted by Gasteiger charge is 2.25. The van der Waals surface area contributed by atoms with E-state index in [4.69, 9.17) is 19.2 Å². The summed E-state index contributed by atoms with van der Waals surface area (Å²) in [6, 6.07) is 20.5. The number of halogens is 1. The molecule has 5 rings (SSSR count). The van der Waals surface area contributed by atoms with Crippen LogP contribution < -0.4 is 19.1 Å². The quantitative estimate of drug-likeness (QED) is 0.338. The molecule has 0 aliphatic carbocycles. The van der Waals surface area contributed by atoms with Crippen LogP contribution in [0.4, 0.5) is 5.13 Å². The van der Waals surface area contributed by atoms with Gasteiger partial charge in [0.05, 0.1) is 15.8 Å². The third-order valence-corrected chi connectivity index (χ3v) is 6.25. The van der Waals surface area contributed by atoms with Crippen molar-refractivity contribution in [3.8, 4) is 23.0 Å². The van der Waals surface area contributed by atoms with Crippen molar-refractivity contribution in [2.75, 3.05) is 38.9 Å². The van der Waals surface area contributed by atoms with Gasteiger partial charge in [0.1, 0.15) is 11.5 Å². The molecule has 0 atom stereocenters. The summed E-state index contributed by atoms with van der Waals surface area (Å²) in [5.41, 5.74) is 1.25. The number of carbonyl (C=O) groups excluding carboxylic acids is 1. The number of nitrogens with zero attached hydrogens (tertiary/aromatic N) is 3. The zero-order valence-corrected chi connectivity index (χ0v) is 20.4. The molecule has 4 aromatic rings. The van der Waals surface area contributed by atoms with Gasteiger partial charge >= 0.3 is 0 Å². The number of benzene rings is 3. The summed E-state index contributed by atoms with van der Waals surface area (Å²) in [5, 5.41) is 0.620. The molecule has 3 aromatic carbocycles. The topological polar surface area (TPSA) is 64.1 Å². The second-order valence-corrected chi connectivity index (χ2v) is 8.85. The van der Waals surface area contributed by atoms with Gasteiger partial charge in [-0.2, -0.15) is 0 Å². The second-order valence-electron chi connectivity index (χ2n) is 7.84. The Bertz CT molecular complexity index is 1260. The lowest BCUT2D eigenvalue weighted by atomic mass is 10.1. The van der Waals surface area contributed by atoms with E-state index in [2.05, 4.69) is 0 Å². The molecular formula is C25H24ClN3O4S. The first-order valence-corrected chi connectivity index (χ1v) is 11.4. The van der Waals surface area contributed by atoms with Crippen molar-refractivity contribution in [1.82, 2.24) is 9.88 Å². The average Bonchev–Trinajstić information content (AvgIpc) is 3.44. The maximum Gasteiger partial charge on any atom is 0.263 e. The Morgan fingerprint density at radius 2 is 1.71 bits per heavy atom. The Morgan fingerprint density at radius 1 is 1.00 bits per heavy atom. The molecule has 0 saturated heterocycles. The van der Waals surface area contributed by atoms with Gasteiger partial charge in [-0.1, -0.05) is 41.7 Å². The van der Waals surface area contributed by atoms with E-state index in [0.29, 0.717) is 46.8 Å². The van der Waals surface area contributed by atoms with Gasteiger partial charge in [-0.15, -0.1) is 12.4 Å². The molecule has 0 radical (unpaired) electrons. The third kappa shape index (κ3) is 4.94. The fourth-order valence-electron chi connectivity index (χ4n) is 3.50. The minimum Gasteiger partial charge on any atom is -0.457 e. The summed E-state index contributed by atoms with van der Waals surface area (Å²) in [6.45, 7) is 1.38. The molecule has 9 heteroatoms. The molecular weight excluding hydrogens is 474 g/mol. The summed E-state index contributed by atoms with van der Waals surface area (Å²) >= 11 is 1.45. The monoisotopic (exact) mass is 497 g/mol. The number of fused-ring (bicyclic) bond motifs is 2. The number of carbonyl (C=O) groups is 1. The van der Waals surface area contributed by atoms with Gasteiger partial charge in [0.25, 0.3) is 5.91 Å². The van der Waals surface area contributed by atoms with Gasteiger partial charge in [-0.3, -0.25) is 9.69 Å². The van der Waals surface area contributed by atoms with Crippen LogP contribution >= 0.6 is 23.7 Å². The molecule has 0 saturated carbocycles. The molecule has 0 N–H and O–H groups in total. The normalized spacial score (nSPS) is 12.0. The molecule has 1 amide bonds. The minimum atomic E-state index is -0.164. The van der Waals surface area contributed by atoms with E-state index in [9.17, 15) is 4.79 Å². The van der Waals surface area contributed by atoms with E-state index in [1.165, 1.54) is 11.3 Å². The van der Waals surface area contributed by atoms with Crippen LogP contribution in [0.15, 0.2) is 66.7 Å². The number of amides is 1. The van der Waals surface area contributed by atoms with Crippen molar-refractivity contribution in [1.29, 1.82) is 0 Å². The number of ether oxygens (including phenoxy) is 3. The Labute approximate surface area is 207 Å². The van der Waals surface area contributed by atoms with E-state index < -0.39 is 0 Å². The van der Waals surface area contributed by atoms with Crippen LogP contribution in [-0.4, -0.2) is 49.8 Å². The summed E-state index contributed by atoms with van der Waals surface area (Å²) in [4.78, 5) is 22.3. The van der Waals surface area contributed by atoms with Crippen molar-refractivity contribution in [2.45, 2.75) is 0 Å². The fourth-order valence-corrected chi connectivity index (χ4v) is 4.50. The van der Waals surface area contributed by atoms with E-state index in [0.717, 1.165) is 10.2 Å². The first-order valence-electron chi connectivity index (χ1n) is 10.6. The highest BCUT2D eigenvalue weighted by molar-refractivity contribution is 7.22. The number of hydrogen-bond acceptors (Lipinski definition) is 7. The Hall–Kier alpha value is -3.33.